The zero-order valence-corrected chi connectivity index (χ0v) is 14.4. The van der Waals surface area contributed by atoms with E-state index >= 15 is 0 Å². The second-order valence-electron chi connectivity index (χ2n) is 5.47. The molecule has 1 N–H and O–H groups in total. The van der Waals surface area contributed by atoms with Crippen LogP contribution in [0.25, 0.3) is 11.0 Å². The summed E-state index contributed by atoms with van der Waals surface area (Å²) in [6, 6.07) is 17.3. The van der Waals surface area contributed by atoms with Gasteiger partial charge in [0.2, 0.25) is 5.91 Å². The summed E-state index contributed by atoms with van der Waals surface area (Å²) >= 11 is 1.69. The van der Waals surface area contributed by atoms with E-state index in [-0.39, 0.29) is 12.3 Å². The maximum absolute atomic E-state index is 12.0. The molecule has 0 aliphatic heterocycles. The van der Waals surface area contributed by atoms with Crippen molar-refractivity contribution in [2.45, 2.75) is 12.2 Å². The minimum atomic E-state index is -0.0721. The molecule has 25 heavy (non-hydrogen) atoms. The number of nitriles is 1. The van der Waals surface area contributed by atoms with Gasteiger partial charge in [-0.1, -0.05) is 35.5 Å². The van der Waals surface area contributed by atoms with E-state index in [4.69, 9.17) is 9.78 Å². The number of amides is 1. The van der Waals surface area contributed by atoms with Crippen LogP contribution in [0.4, 0.5) is 0 Å². The van der Waals surface area contributed by atoms with Gasteiger partial charge in [0, 0.05) is 23.4 Å². The number of hydrogen-bond donors (Lipinski definition) is 1. The molecule has 0 radical (unpaired) electrons. The van der Waals surface area contributed by atoms with Crippen molar-refractivity contribution in [2.24, 2.45) is 0 Å². The van der Waals surface area contributed by atoms with Crippen LogP contribution in [0.2, 0.25) is 0 Å². The van der Waals surface area contributed by atoms with Crippen molar-refractivity contribution in [1.82, 2.24) is 10.5 Å². The minimum Gasteiger partial charge on any atom is -0.356 e. The molecule has 3 rings (SSSR count). The highest BCUT2D eigenvalue weighted by Gasteiger charge is 2.11. The summed E-state index contributed by atoms with van der Waals surface area (Å²) in [5.74, 6) is 1.47. The van der Waals surface area contributed by atoms with Gasteiger partial charge in [0.15, 0.2) is 5.58 Å². The fourth-order valence-electron chi connectivity index (χ4n) is 2.48. The minimum absolute atomic E-state index is 0.0721. The number of carbonyl (C=O) groups is 1. The lowest BCUT2D eigenvalue weighted by Gasteiger charge is -2.05. The van der Waals surface area contributed by atoms with E-state index in [2.05, 4.69) is 16.5 Å². The summed E-state index contributed by atoms with van der Waals surface area (Å²) in [4.78, 5) is 12.0. The molecule has 1 amide bonds. The predicted octanol–water partition coefficient (Wildman–Crippen LogP) is 3.29. The van der Waals surface area contributed by atoms with Crippen LogP contribution >= 0.6 is 11.8 Å². The third-order valence-corrected chi connectivity index (χ3v) is 4.75. The Labute approximate surface area is 150 Å². The van der Waals surface area contributed by atoms with Gasteiger partial charge in [-0.3, -0.25) is 4.79 Å². The van der Waals surface area contributed by atoms with Crippen molar-refractivity contribution in [3.63, 3.8) is 0 Å². The smallest absolute Gasteiger partial charge is 0.226 e. The molecule has 6 heteroatoms. The number of nitrogens with one attached hydrogen (secondary N) is 1. The molecule has 0 spiro atoms. The van der Waals surface area contributed by atoms with Gasteiger partial charge in [-0.25, -0.2) is 0 Å². The molecule has 1 heterocycles. The Balaban J connectivity index is 1.42. The lowest BCUT2D eigenvalue weighted by Crippen LogP contribution is -2.27. The van der Waals surface area contributed by atoms with Crippen LogP contribution in [0.15, 0.2) is 53.1 Å². The van der Waals surface area contributed by atoms with Gasteiger partial charge in [-0.05, 0) is 23.8 Å². The summed E-state index contributed by atoms with van der Waals surface area (Å²) < 4.78 is 5.20. The largest absolute Gasteiger partial charge is 0.356 e. The molecule has 0 saturated carbocycles. The lowest BCUT2D eigenvalue weighted by atomic mass is 10.1. The Bertz CT molecular complexity index is 914. The van der Waals surface area contributed by atoms with Crippen molar-refractivity contribution in [3.05, 3.63) is 65.4 Å². The Hall–Kier alpha value is -2.78. The standard InChI is InChI=1S/C19H17N3O2S/c20-12-14-5-1-2-6-15(14)13-25-10-9-21-19(23)11-17-16-7-3-4-8-18(16)24-22-17/h1-8H,9-11,13H2,(H,21,23). The van der Waals surface area contributed by atoms with E-state index < -0.39 is 0 Å². The number of para-hydroxylation sites is 1. The Kier molecular flexibility index (Phi) is 5.70. The summed E-state index contributed by atoms with van der Waals surface area (Å²) in [7, 11) is 0. The number of fused-ring (bicyclic) bond motifs is 1. The average molecular weight is 351 g/mol. The van der Waals surface area contributed by atoms with Crippen LogP contribution in [-0.4, -0.2) is 23.4 Å². The molecule has 2 aromatic carbocycles. The van der Waals surface area contributed by atoms with Gasteiger partial charge in [0.05, 0.1) is 18.1 Å². The van der Waals surface area contributed by atoms with Crippen molar-refractivity contribution in [3.8, 4) is 6.07 Å². The van der Waals surface area contributed by atoms with Crippen LogP contribution in [-0.2, 0) is 17.0 Å². The number of carbonyl (C=O) groups excluding carboxylic acids is 1. The van der Waals surface area contributed by atoms with Crippen molar-refractivity contribution in [1.29, 1.82) is 5.26 Å². The number of rotatable bonds is 7. The summed E-state index contributed by atoms with van der Waals surface area (Å²) in [6.07, 6.45) is 0.207. The zero-order chi connectivity index (χ0) is 17.5. The van der Waals surface area contributed by atoms with Crippen LogP contribution in [0, 0.1) is 11.3 Å². The van der Waals surface area contributed by atoms with E-state index in [1.165, 1.54) is 0 Å². The number of thioether (sulfide) groups is 1. The SMILES string of the molecule is N#Cc1ccccc1CSCCNC(=O)Cc1noc2ccccc12. The zero-order valence-electron chi connectivity index (χ0n) is 13.6. The molecule has 0 aliphatic carbocycles. The van der Waals surface area contributed by atoms with E-state index in [9.17, 15) is 4.79 Å². The van der Waals surface area contributed by atoms with Gasteiger partial charge in [-0.15, -0.1) is 0 Å². The maximum atomic E-state index is 12.0. The first kappa shape index (κ1) is 17.1. The highest BCUT2D eigenvalue weighted by atomic mass is 32.2. The molecule has 1 aromatic heterocycles. The maximum Gasteiger partial charge on any atom is 0.226 e. The Morgan fingerprint density at radius 1 is 1.20 bits per heavy atom. The van der Waals surface area contributed by atoms with Gasteiger partial charge in [0.1, 0.15) is 5.69 Å². The first-order chi connectivity index (χ1) is 12.3. The number of hydrogen-bond acceptors (Lipinski definition) is 5. The van der Waals surface area contributed by atoms with E-state index in [1.807, 2.05) is 48.5 Å². The molecule has 0 atom stereocenters. The van der Waals surface area contributed by atoms with Crippen molar-refractivity contribution < 1.29 is 9.32 Å². The third-order valence-electron chi connectivity index (χ3n) is 3.74. The molecule has 0 fully saturated rings. The number of nitrogens with zero attached hydrogens (tertiary/aromatic N) is 2. The molecule has 5 nitrogen and oxygen atoms in total. The average Bonchev–Trinajstić information content (AvgIpc) is 3.05. The monoisotopic (exact) mass is 351 g/mol. The highest BCUT2D eigenvalue weighted by molar-refractivity contribution is 7.98. The van der Waals surface area contributed by atoms with Gasteiger partial charge >= 0.3 is 0 Å². The topological polar surface area (TPSA) is 78.9 Å². The molecular formula is C19H17N3O2S. The van der Waals surface area contributed by atoms with Gasteiger partial charge in [0.25, 0.3) is 0 Å². The molecule has 0 saturated heterocycles. The first-order valence-corrected chi connectivity index (χ1v) is 9.09. The van der Waals surface area contributed by atoms with Crippen LogP contribution < -0.4 is 5.32 Å². The Morgan fingerprint density at radius 2 is 2.00 bits per heavy atom. The van der Waals surface area contributed by atoms with Crippen LogP contribution in [0.3, 0.4) is 0 Å². The van der Waals surface area contributed by atoms with Crippen molar-refractivity contribution >= 4 is 28.6 Å². The van der Waals surface area contributed by atoms with E-state index in [0.29, 0.717) is 23.4 Å². The fraction of sp³-hybridized carbons (Fsp3) is 0.211. The quantitative estimate of drug-likeness (QED) is 0.661. The van der Waals surface area contributed by atoms with Gasteiger partial charge < -0.3 is 9.84 Å². The third kappa shape index (κ3) is 4.40. The predicted molar refractivity (Wildman–Crippen MR) is 98.0 cm³/mol. The molecule has 0 aliphatic rings. The van der Waals surface area contributed by atoms with Crippen LogP contribution in [0.5, 0.6) is 0 Å². The molecule has 0 unspecified atom stereocenters. The summed E-state index contributed by atoms with van der Waals surface area (Å²) in [5.41, 5.74) is 3.08. The van der Waals surface area contributed by atoms with E-state index in [1.54, 1.807) is 11.8 Å². The molecule has 0 bridgehead atoms. The van der Waals surface area contributed by atoms with Crippen LogP contribution in [0.1, 0.15) is 16.8 Å². The number of benzene rings is 2. The second kappa shape index (κ2) is 8.36. The van der Waals surface area contributed by atoms with E-state index in [0.717, 1.165) is 22.5 Å². The molecule has 126 valence electrons. The Morgan fingerprint density at radius 3 is 2.88 bits per heavy atom. The van der Waals surface area contributed by atoms with Crippen molar-refractivity contribution in [2.75, 3.05) is 12.3 Å². The first-order valence-electron chi connectivity index (χ1n) is 7.93. The highest BCUT2D eigenvalue weighted by Crippen LogP contribution is 2.18. The molecule has 3 aromatic rings. The normalized spacial score (nSPS) is 10.5. The summed E-state index contributed by atoms with van der Waals surface area (Å²) in [6.45, 7) is 0.577. The van der Waals surface area contributed by atoms with Gasteiger partial charge in [-0.2, -0.15) is 17.0 Å². The summed E-state index contributed by atoms with van der Waals surface area (Å²) in [5, 5.41) is 16.8. The fourth-order valence-corrected chi connectivity index (χ4v) is 3.34. The number of aromatic nitrogens is 1. The lowest BCUT2D eigenvalue weighted by molar-refractivity contribution is -0.120. The molecular weight excluding hydrogens is 334 g/mol. The second-order valence-corrected chi connectivity index (χ2v) is 6.58.